The molecule has 0 radical (unpaired) electrons. The van der Waals surface area contributed by atoms with Gasteiger partial charge >= 0.3 is 5.97 Å². The SMILES string of the molecule is CC(CCCNC(=O)Cc1cccc([N+](=O)[O-])c1)C(=O)O. The molecule has 2 N–H and O–H groups in total. The maximum absolute atomic E-state index is 11.7. The topological polar surface area (TPSA) is 110 Å². The Bertz CT molecular complexity index is 530. The molecule has 0 saturated carbocycles. The van der Waals surface area contributed by atoms with Crippen molar-refractivity contribution >= 4 is 17.6 Å². The van der Waals surface area contributed by atoms with Crippen LogP contribution in [0.25, 0.3) is 0 Å². The first-order valence-electron chi connectivity index (χ1n) is 6.63. The quantitative estimate of drug-likeness (QED) is 0.431. The predicted molar refractivity (Wildman–Crippen MR) is 75.8 cm³/mol. The van der Waals surface area contributed by atoms with Gasteiger partial charge < -0.3 is 10.4 Å². The highest BCUT2D eigenvalue weighted by Crippen LogP contribution is 2.13. The Labute approximate surface area is 122 Å². The Morgan fingerprint density at radius 2 is 2.14 bits per heavy atom. The van der Waals surface area contributed by atoms with Gasteiger partial charge in [-0.15, -0.1) is 0 Å². The molecule has 1 aromatic rings. The van der Waals surface area contributed by atoms with Gasteiger partial charge in [0, 0.05) is 18.7 Å². The zero-order valence-corrected chi connectivity index (χ0v) is 11.7. The lowest BCUT2D eigenvalue weighted by molar-refractivity contribution is -0.384. The van der Waals surface area contributed by atoms with Crippen LogP contribution in [0.3, 0.4) is 0 Å². The Morgan fingerprint density at radius 3 is 2.76 bits per heavy atom. The van der Waals surface area contributed by atoms with E-state index in [4.69, 9.17) is 5.11 Å². The lowest BCUT2D eigenvalue weighted by Crippen LogP contribution is -2.26. The van der Waals surface area contributed by atoms with Crippen molar-refractivity contribution in [3.8, 4) is 0 Å². The Balaban J connectivity index is 2.35. The average Bonchev–Trinajstić information content (AvgIpc) is 2.43. The minimum absolute atomic E-state index is 0.0458. The number of benzene rings is 1. The number of aliphatic carboxylic acids is 1. The molecule has 0 aliphatic heterocycles. The van der Waals surface area contributed by atoms with Crippen LogP contribution in [0.4, 0.5) is 5.69 Å². The molecule has 0 bridgehead atoms. The number of rotatable bonds is 8. The Morgan fingerprint density at radius 1 is 1.43 bits per heavy atom. The van der Waals surface area contributed by atoms with Crippen LogP contribution in [-0.2, 0) is 16.0 Å². The summed E-state index contributed by atoms with van der Waals surface area (Å²) in [6.07, 6.45) is 1.14. The first-order chi connectivity index (χ1) is 9.90. The summed E-state index contributed by atoms with van der Waals surface area (Å²) in [5.74, 6) is -1.52. The van der Waals surface area contributed by atoms with Crippen LogP contribution in [0.15, 0.2) is 24.3 Å². The van der Waals surface area contributed by atoms with Gasteiger partial charge in [0.1, 0.15) is 0 Å². The molecule has 114 valence electrons. The normalized spacial score (nSPS) is 11.7. The highest BCUT2D eigenvalue weighted by atomic mass is 16.6. The third kappa shape index (κ3) is 6.03. The molecular formula is C14H18N2O5. The van der Waals surface area contributed by atoms with Gasteiger partial charge in [-0.2, -0.15) is 0 Å². The summed E-state index contributed by atoms with van der Waals surface area (Å²) in [6.45, 7) is 2.01. The molecule has 1 unspecified atom stereocenters. The van der Waals surface area contributed by atoms with E-state index in [0.29, 0.717) is 24.9 Å². The molecule has 0 spiro atoms. The van der Waals surface area contributed by atoms with Gasteiger partial charge in [-0.05, 0) is 18.4 Å². The van der Waals surface area contributed by atoms with E-state index in [1.807, 2.05) is 0 Å². The van der Waals surface area contributed by atoms with E-state index in [0.717, 1.165) is 0 Å². The van der Waals surface area contributed by atoms with Crippen LogP contribution in [0.5, 0.6) is 0 Å². The molecule has 0 aromatic heterocycles. The molecule has 0 heterocycles. The summed E-state index contributed by atoms with van der Waals surface area (Å²) in [7, 11) is 0. The molecule has 0 saturated heterocycles. The van der Waals surface area contributed by atoms with Crippen LogP contribution < -0.4 is 5.32 Å². The molecule has 0 aliphatic rings. The third-order valence-electron chi connectivity index (χ3n) is 3.04. The molecule has 0 fully saturated rings. The van der Waals surface area contributed by atoms with Crippen LogP contribution in [0.2, 0.25) is 0 Å². The fourth-order valence-electron chi connectivity index (χ4n) is 1.79. The van der Waals surface area contributed by atoms with E-state index in [1.165, 1.54) is 18.2 Å². The van der Waals surface area contributed by atoms with Gasteiger partial charge in [-0.25, -0.2) is 0 Å². The molecule has 7 heteroatoms. The average molecular weight is 294 g/mol. The van der Waals surface area contributed by atoms with Crippen molar-refractivity contribution in [2.75, 3.05) is 6.54 Å². The highest BCUT2D eigenvalue weighted by Gasteiger charge is 2.11. The first kappa shape index (κ1) is 16.6. The lowest BCUT2D eigenvalue weighted by atomic mass is 10.1. The molecule has 1 aromatic carbocycles. The number of nitro benzene ring substituents is 1. The molecule has 7 nitrogen and oxygen atoms in total. The van der Waals surface area contributed by atoms with Crippen LogP contribution in [-0.4, -0.2) is 28.5 Å². The Hall–Kier alpha value is -2.44. The second-order valence-electron chi connectivity index (χ2n) is 4.84. The number of hydrogen-bond donors (Lipinski definition) is 2. The molecule has 0 aliphatic carbocycles. The number of nitrogens with one attached hydrogen (secondary N) is 1. The van der Waals surface area contributed by atoms with Crippen molar-refractivity contribution in [1.29, 1.82) is 0 Å². The van der Waals surface area contributed by atoms with Gasteiger partial charge in [0.25, 0.3) is 5.69 Å². The number of carboxylic acids is 1. The minimum Gasteiger partial charge on any atom is -0.481 e. The summed E-state index contributed by atoms with van der Waals surface area (Å²) in [5, 5.41) is 22.0. The van der Waals surface area contributed by atoms with E-state index in [2.05, 4.69) is 5.32 Å². The van der Waals surface area contributed by atoms with Crippen molar-refractivity contribution in [3.63, 3.8) is 0 Å². The van der Waals surface area contributed by atoms with Gasteiger partial charge in [-0.3, -0.25) is 19.7 Å². The van der Waals surface area contributed by atoms with Crippen LogP contribution >= 0.6 is 0 Å². The number of carbonyl (C=O) groups is 2. The molecule has 21 heavy (non-hydrogen) atoms. The van der Waals surface area contributed by atoms with Gasteiger partial charge in [-0.1, -0.05) is 19.1 Å². The number of nitrogens with zero attached hydrogens (tertiary/aromatic N) is 1. The molecule has 1 rings (SSSR count). The molecular weight excluding hydrogens is 276 g/mol. The molecule has 1 atom stereocenters. The van der Waals surface area contributed by atoms with Crippen molar-refractivity contribution in [2.24, 2.45) is 5.92 Å². The Kier molecular flexibility index (Phi) is 6.32. The van der Waals surface area contributed by atoms with E-state index in [1.54, 1.807) is 13.0 Å². The summed E-state index contributed by atoms with van der Waals surface area (Å²) >= 11 is 0. The van der Waals surface area contributed by atoms with Crippen molar-refractivity contribution < 1.29 is 19.6 Å². The van der Waals surface area contributed by atoms with E-state index in [-0.39, 0.29) is 18.0 Å². The fourth-order valence-corrected chi connectivity index (χ4v) is 1.79. The fraction of sp³-hybridized carbons (Fsp3) is 0.429. The number of carbonyl (C=O) groups excluding carboxylic acids is 1. The van der Waals surface area contributed by atoms with Crippen LogP contribution in [0.1, 0.15) is 25.3 Å². The van der Waals surface area contributed by atoms with Crippen molar-refractivity contribution in [1.82, 2.24) is 5.32 Å². The zero-order valence-electron chi connectivity index (χ0n) is 11.7. The first-order valence-corrected chi connectivity index (χ1v) is 6.63. The van der Waals surface area contributed by atoms with E-state index in [9.17, 15) is 19.7 Å². The highest BCUT2D eigenvalue weighted by molar-refractivity contribution is 5.78. The predicted octanol–water partition coefficient (Wildman–Crippen LogP) is 1.75. The van der Waals surface area contributed by atoms with Crippen LogP contribution in [0, 0.1) is 16.0 Å². The van der Waals surface area contributed by atoms with E-state index >= 15 is 0 Å². The second-order valence-corrected chi connectivity index (χ2v) is 4.84. The molecule has 1 amide bonds. The largest absolute Gasteiger partial charge is 0.481 e. The van der Waals surface area contributed by atoms with Gasteiger partial charge in [0.15, 0.2) is 0 Å². The van der Waals surface area contributed by atoms with Crippen molar-refractivity contribution in [2.45, 2.75) is 26.2 Å². The number of amides is 1. The minimum atomic E-state index is -0.849. The third-order valence-corrected chi connectivity index (χ3v) is 3.04. The number of non-ortho nitro benzene ring substituents is 1. The summed E-state index contributed by atoms with van der Waals surface area (Å²) in [4.78, 5) is 32.4. The summed E-state index contributed by atoms with van der Waals surface area (Å²) in [5.41, 5.74) is 0.524. The van der Waals surface area contributed by atoms with Crippen molar-refractivity contribution in [3.05, 3.63) is 39.9 Å². The van der Waals surface area contributed by atoms with Gasteiger partial charge in [0.2, 0.25) is 5.91 Å². The second kappa shape index (κ2) is 7.98. The van der Waals surface area contributed by atoms with Gasteiger partial charge in [0.05, 0.1) is 17.3 Å². The number of carboxylic acid groups (broad SMARTS) is 1. The summed E-state index contributed by atoms with van der Waals surface area (Å²) in [6, 6.07) is 5.93. The number of nitro groups is 1. The lowest BCUT2D eigenvalue weighted by Gasteiger charge is -2.07. The number of hydrogen-bond acceptors (Lipinski definition) is 4. The van der Waals surface area contributed by atoms with E-state index < -0.39 is 16.8 Å². The maximum atomic E-state index is 11.7. The zero-order chi connectivity index (χ0) is 15.8. The maximum Gasteiger partial charge on any atom is 0.306 e. The summed E-state index contributed by atoms with van der Waals surface area (Å²) < 4.78 is 0. The smallest absolute Gasteiger partial charge is 0.306 e. The standard InChI is InChI=1S/C14H18N2O5/c1-10(14(18)19)4-3-7-15-13(17)9-11-5-2-6-12(8-11)16(20)21/h2,5-6,8,10H,3-4,7,9H2,1H3,(H,15,17)(H,18,19). The monoisotopic (exact) mass is 294 g/mol.